The lowest BCUT2D eigenvalue weighted by Crippen LogP contribution is -2.15. The summed E-state index contributed by atoms with van der Waals surface area (Å²) in [5.41, 5.74) is 9.47. The fraction of sp³-hybridized carbons (Fsp3) is 0.333. The Hall–Kier alpha value is -1.52. The highest BCUT2D eigenvalue weighted by Crippen LogP contribution is 2.34. The maximum Gasteiger partial charge on any atom is 0.121 e. The van der Waals surface area contributed by atoms with Gasteiger partial charge in [-0.2, -0.15) is 0 Å². The molecular weight excluding hydrogens is 204 g/mol. The van der Waals surface area contributed by atoms with Gasteiger partial charge in [-0.25, -0.2) is 0 Å². The van der Waals surface area contributed by atoms with Crippen LogP contribution in [0.1, 0.15) is 22.9 Å². The van der Waals surface area contributed by atoms with E-state index >= 15 is 0 Å². The van der Waals surface area contributed by atoms with E-state index in [1.807, 2.05) is 19.9 Å². The number of phenolic OH excluding ortho intramolecular Hbond substituents is 1. The average Bonchev–Trinajstić information content (AvgIpc) is 2.55. The van der Waals surface area contributed by atoms with Crippen molar-refractivity contribution in [3.63, 3.8) is 0 Å². The van der Waals surface area contributed by atoms with Crippen LogP contribution in [-0.4, -0.2) is 21.8 Å². The number of rotatable bonds is 2. The highest BCUT2D eigenvalue weighted by Gasteiger charge is 2.17. The SMILES string of the molecule is Cc1[nH]c2ccc(O)c(C(N)CO)c2c1C. The molecule has 1 atom stereocenters. The Morgan fingerprint density at radius 1 is 1.38 bits per heavy atom. The molecule has 1 aromatic heterocycles. The van der Waals surface area contributed by atoms with Crippen LogP contribution >= 0.6 is 0 Å². The second kappa shape index (κ2) is 3.81. The van der Waals surface area contributed by atoms with E-state index in [0.717, 1.165) is 22.2 Å². The van der Waals surface area contributed by atoms with Crippen molar-refractivity contribution >= 4 is 10.9 Å². The normalized spacial score (nSPS) is 13.2. The van der Waals surface area contributed by atoms with Crippen molar-refractivity contribution < 1.29 is 10.2 Å². The van der Waals surface area contributed by atoms with E-state index in [9.17, 15) is 5.11 Å². The number of fused-ring (bicyclic) bond motifs is 1. The summed E-state index contributed by atoms with van der Waals surface area (Å²) in [5, 5.41) is 19.9. The lowest BCUT2D eigenvalue weighted by molar-refractivity contribution is 0.266. The molecule has 2 aromatic rings. The van der Waals surface area contributed by atoms with Crippen molar-refractivity contribution in [2.45, 2.75) is 19.9 Å². The number of phenols is 1. The van der Waals surface area contributed by atoms with E-state index in [-0.39, 0.29) is 12.4 Å². The van der Waals surface area contributed by atoms with Gasteiger partial charge in [0, 0.05) is 22.2 Å². The third-order valence-electron chi connectivity index (χ3n) is 3.05. The highest BCUT2D eigenvalue weighted by atomic mass is 16.3. The summed E-state index contributed by atoms with van der Waals surface area (Å²) in [4.78, 5) is 3.23. The van der Waals surface area contributed by atoms with Crippen molar-refractivity contribution in [1.82, 2.24) is 4.98 Å². The molecule has 0 saturated carbocycles. The van der Waals surface area contributed by atoms with Gasteiger partial charge < -0.3 is 20.9 Å². The largest absolute Gasteiger partial charge is 0.508 e. The number of hydrogen-bond donors (Lipinski definition) is 4. The molecule has 0 radical (unpaired) electrons. The third-order valence-corrected chi connectivity index (χ3v) is 3.05. The zero-order chi connectivity index (χ0) is 11.9. The summed E-state index contributed by atoms with van der Waals surface area (Å²) >= 11 is 0. The van der Waals surface area contributed by atoms with Gasteiger partial charge in [0.1, 0.15) is 5.75 Å². The molecule has 0 aliphatic rings. The molecule has 4 nitrogen and oxygen atoms in total. The Balaban J connectivity index is 2.82. The minimum Gasteiger partial charge on any atom is -0.508 e. The molecule has 0 saturated heterocycles. The van der Waals surface area contributed by atoms with Crippen LogP contribution < -0.4 is 5.73 Å². The molecule has 0 spiro atoms. The quantitative estimate of drug-likeness (QED) is 0.618. The number of aromatic hydroxyl groups is 1. The van der Waals surface area contributed by atoms with Crippen molar-refractivity contribution in [3.05, 3.63) is 29.0 Å². The van der Waals surface area contributed by atoms with Crippen LogP contribution in [0.15, 0.2) is 12.1 Å². The number of nitrogens with one attached hydrogen (secondary N) is 1. The molecular formula is C12H16N2O2. The molecule has 0 amide bonds. The number of hydrogen-bond acceptors (Lipinski definition) is 3. The molecule has 16 heavy (non-hydrogen) atoms. The van der Waals surface area contributed by atoms with Gasteiger partial charge in [0.05, 0.1) is 12.6 Å². The Labute approximate surface area is 93.7 Å². The zero-order valence-electron chi connectivity index (χ0n) is 9.41. The van der Waals surface area contributed by atoms with E-state index in [0.29, 0.717) is 5.56 Å². The van der Waals surface area contributed by atoms with E-state index in [4.69, 9.17) is 10.8 Å². The van der Waals surface area contributed by atoms with Crippen LogP contribution in [0, 0.1) is 13.8 Å². The Morgan fingerprint density at radius 3 is 2.69 bits per heavy atom. The van der Waals surface area contributed by atoms with Gasteiger partial charge in [-0.3, -0.25) is 0 Å². The summed E-state index contributed by atoms with van der Waals surface area (Å²) in [6, 6.07) is 2.86. The Bertz CT molecular complexity index is 531. The summed E-state index contributed by atoms with van der Waals surface area (Å²) in [6.45, 7) is 3.76. The van der Waals surface area contributed by atoms with Crippen LogP contribution in [0.4, 0.5) is 0 Å². The number of aromatic nitrogens is 1. The van der Waals surface area contributed by atoms with Gasteiger partial charge in [-0.05, 0) is 31.5 Å². The van der Waals surface area contributed by atoms with Crippen LogP contribution in [-0.2, 0) is 0 Å². The van der Waals surface area contributed by atoms with Gasteiger partial charge in [-0.1, -0.05) is 0 Å². The van der Waals surface area contributed by atoms with Crippen molar-refractivity contribution in [2.24, 2.45) is 5.73 Å². The van der Waals surface area contributed by atoms with Gasteiger partial charge in [-0.15, -0.1) is 0 Å². The lowest BCUT2D eigenvalue weighted by Gasteiger charge is -2.13. The molecule has 0 aliphatic heterocycles. The van der Waals surface area contributed by atoms with Gasteiger partial charge >= 0.3 is 0 Å². The topological polar surface area (TPSA) is 82.3 Å². The first-order valence-corrected chi connectivity index (χ1v) is 5.23. The molecule has 5 N–H and O–H groups in total. The maximum absolute atomic E-state index is 9.84. The van der Waals surface area contributed by atoms with Gasteiger partial charge in [0.25, 0.3) is 0 Å². The first-order chi connectivity index (χ1) is 7.56. The molecule has 1 unspecified atom stereocenters. The number of benzene rings is 1. The molecule has 1 heterocycles. The highest BCUT2D eigenvalue weighted by molar-refractivity contribution is 5.90. The number of aryl methyl sites for hydroxylation is 2. The van der Waals surface area contributed by atoms with Crippen LogP contribution in [0.2, 0.25) is 0 Å². The number of aliphatic hydroxyl groups is 1. The van der Waals surface area contributed by atoms with Crippen molar-refractivity contribution in [3.8, 4) is 5.75 Å². The van der Waals surface area contributed by atoms with E-state index < -0.39 is 6.04 Å². The first kappa shape index (κ1) is 11.0. The van der Waals surface area contributed by atoms with Crippen LogP contribution in [0.3, 0.4) is 0 Å². The van der Waals surface area contributed by atoms with Crippen molar-refractivity contribution in [2.75, 3.05) is 6.61 Å². The molecule has 0 fully saturated rings. The molecule has 0 bridgehead atoms. The van der Waals surface area contributed by atoms with Crippen LogP contribution in [0.25, 0.3) is 10.9 Å². The molecule has 4 heteroatoms. The van der Waals surface area contributed by atoms with Gasteiger partial charge in [0.15, 0.2) is 0 Å². The summed E-state index contributed by atoms with van der Waals surface area (Å²) in [5.74, 6) is 0.135. The first-order valence-electron chi connectivity index (χ1n) is 5.23. The van der Waals surface area contributed by atoms with E-state index in [2.05, 4.69) is 4.98 Å². The predicted molar refractivity (Wildman–Crippen MR) is 63.5 cm³/mol. The standard InChI is InChI=1S/C12H16N2O2/c1-6-7(2)14-9-3-4-10(16)12(11(6)9)8(13)5-15/h3-4,8,14-16H,5,13H2,1-2H3. The third kappa shape index (κ3) is 1.47. The number of H-pyrrole nitrogens is 1. The smallest absolute Gasteiger partial charge is 0.121 e. The molecule has 86 valence electrons. The minimum atomic E-state index is -0.558. The minimum absolute atomic E-state index is 0.135. The Morgan fingerprint density at radius 2 is 2.06 bits per heavy atom. The average molecular weight is 220 g/mol. The van der Waals surface area contributed by atoms with Crippen molar-refractivity contribution in [1.29, 1.82) is 0 Å². The molecule has 1 aromatic carbocycles. The maximum atomic E-state index is 9.84. The second-order valence-electron chi connectivity index (χ2n) is 4.08. The number of nitrogens with two attached hydrogens (primary N) is 1. The fourth-order valence-corrected chi connectivity index (χ4v) is 2.07. The molecule has 0 aliphatic carbocycles. The lowest BCUT2D eigenvalue weighted by atomic mass is 9.99. The van der Waals surface area contributed by atoms with E-state index in [1.54, 1.807) is 6.07 Å². The van der Waals surface area contributed by atoms with E-state index in [1.165, 1.54) is 0 Å². The monoisotopic (exact) mass is 220 g/mol. The number of aromatic amines is 1. The zero-order valence-corrected chi connectivity index (χ0v) is 9.41. The van der Waals surface area contributed by atoms with Gasteiger partial charge in [0.2, 0.25) is 0 Å². The second-order valence-corrected chi connectivity index (χ2v) is 4.08. The summed E-state index contributed by atoms with van der Waals surface area (Å²) in [6.07, 6.45) is 0. The number of aliphatic hydroxyl groups excluding tert-OH is 1. The summed E-state index contributed by atoms with van der Waals surface area (Å²) in [7, 11) is 0. The van der Waals surface area contributed by atoms with Crippen LogP contribution in [0.5, 0.6) is 5.75 Å². The fourth-order valence-electron chi connectivity index (χ4n) is 2.07. The predicted octanol–water partition coefficient (Wildman–Crippen LogP) is 1.48. The Kier molecular flexibility index (Phi) is 2.61. The molecule has 2 rings (SSSR count). The summed E-state index contributed by atoms with van der Waals surface area (Å²) < 4.78 is 0.